The molecular formula is C14H28O. The summed E-state index contributed by atoms with van der Waals surface area (Å²) in [6, 6.07) is 0. The summed E-state index contributed by atoms with van der Waals surface area (Å²) in [6.45, 7) is 8.04. The lowest BCUT2D eigenvalue weighted by molar-refractivity contribution is 0.160. The molecule has 0 fully saturated rings. The number of rotatable bonds is 10. The van der Waals surface area contributed by atoms with Crippen molar-refractivity contribution >= 4 is 0 Å². The molecule has 0 radical (unpaired) electrons. The Bertz CT molecular complexity index is 214. The van der Waals surface area contributed by atoms with E-state index in [1.807, 2.05) is 0 Å². The number of aliphatic hydroxyl groups excluding tert-OH is 1. The van der Waals surface area contributed by atoms with Crippen LogP contribution in [0.4, 0.5) is 0 Å². The van der Waals surface area contributed by atoms with Crippen LogP contribution >= 0.6 is 0 Å². The van der Waals surface area contributed by atoms with Gasteiger partial charge in [-0.15, -0.1) is 0 Å². The standard InChI is InChI=1S/C14H28O/c1-4-6-8-10-13(3)12-14(15)11-9-7-5-2/h14-15H,3-12H2,1-2H3/i12D2. The van der Waals surface area contributed by atoms with Gasteiger partial charge in [0.05, 0.1) is 6.10 Å². The third kappa shape index (κ3) is 9.99. The zero-order chi connectivity index (χ0) is 13.3. The highest BCUT2D eigenvalue weighted by Crippen LogP contribution is 2.15. The monoisotopic (exact) mass is 214 g/mol. The molecule has 1 nitrogen and oxygen atoms in total. The molecular weight excluding hydrogens is 184 g/mol. The molecule has 0 aliphatic rings. The van der Waals surface area contributed by atoms with E-state index in [4.69, 9.17) is 2.74 Å². The fraction of sp³-hybridized carbons (Fsp3) is 0.857. The van der Waals surface area contributed by atoms with Gasteiger partial charge in [-0.25, -0.2) is 0 Å². The molecule has 0 bridgehead atoms. The van der Waals surface area contributed by atoms with E-state index in [2.05, 4.69) is 20.4 Å². The van der Waals surface area contributed by atoms with Crippen LogP contribution in [0.2, 0.25) is 0 Å². The molecule has 90 valence electrons. The number of unbranched alkanes of at least 4 members (excludes halogenated alkanes) is 4. The highest BCUT2D eigenvalue weighted by Gasteiger charge is 2.05. The first-order valence-corrected chi connectivity index (χ1v) is 6.33. The van der Waals surface area contributed by atoms with E-state index in [-0.39, 0.29) is 0 Å². The maximum absolute atomic E-state index is 9.89. The van der Waals surface area contributed by atoms with Crippen molar-refractivity contribution in [3.8, 4) is 0 Å². The molecule has 15 heavy (non-hydrogen) atoms. The molecule has 0 spiro atoms. The summed E-state index contributed by atoms with van der Waals surface area (Å²) in [5.41, 5.74) is 0.551. The minimum atomic E-state index is -1.62. The summed E-state index contributed by atoms with van der Waals surface area (Å²) in [7, 11) is 0. The second kappa shape index (κ2) is 10.2. The van der Waals surface area contributed by atoms with Crippen LogP contribution in [0.3, 0.4) is 0 Å². The molecule has 0 saturated heterocycles. The van der Waals surface area contributed by atoms with Gasteiger partial charge in [0.1, 0.15) is 0 Å². The average Bonchev–Trinajstić information content (AvgIpc) is 2.29. The Morgan fingerprint density at radius 1 is 1.20 bits per heavy atom. The molecule has 0 aromatic rings. The fourth-order valence-electron chi connectivity index (χ4n) is 1.56. The summed E-state index contributed by atoms with van der Waals surface area (Å²) in [6.07, 6.45) is 4.92. The number of hydrogen-bond acceptors (Lipinski definition) is 1. The Hall–Kier alpha value is -0.300. The van der Waals surface area contributed by atoms with Gasteiger partial charge in [0.15, 0.2) is 0 Å². The molecule has 1 heteroatoms. The first-order chi connectivity index (χ1) is 7.96. The van der Waals surface area contributed by atoms with Crippen molar-refractivity contribution in [2.45, 2.75) is 77.7 Å². The molecule has 0 rings (SSSR count). The summed E-state index contributed by atoms with van der Waals surface area (Å²) < 4.78 is 15.9. The zero-order valence-electron chi connectivity index (χ0n) is 12.4. The van der Waals surface area contributed by atoms with Crippen LogP contribution in [0.1, 0.15) is 74.3 Å². The van der Waals surface area contributed by atoms with Crippen LogP contribution in [0.25, 0.3) is 0 Å². The Labute approximate surface area is 98.4 Å². The minimum Gasteiger partial charge on any atom is -0.393 e. The van der Waals surface area contributed by atoms with E-state index in [9.17, 15) is 5.11 Å². The minimum absolute atomic E-state index is 0.535. The highest BCUT2D eigenvalue weighted by molar-refractivity contribution is 4.95. The Morgan fingerprint density at radius 3 is 2.40 bits per heavy atom. The number of hydrogen-bond donors (Lipinski definition) is 1. The fourth-order valence-corrected chi connectivity index (χ4v) is 1.56. The van der Waals surface area contributed by atoms with Crippen LogP contribution in [0.5, 0.6) is 0 Å². The van der Waals surface area contributed by atoms with Crippen molar-refractivity contribution in [2.24, 2.45) is 0 Å². The quantitative estimate of drug-likeness (QED) is 0.420. The van der Waals surface area contributed by atoms with E-state index in [0.29, 0.717) is 18.4 Å². The van der Waals surface area contributed by atoms with Gasteiger partial charge in [-0.3, -0.25) is 0 Å². The van der Waals surface area contributed by atoms with Crippen molar-refractivity contribution in [1.82, 2.24) is 0 Å². The normalized spacial score (nSPS) is 15.7. The summed E-state index contributed by atoms with van der Waals surface area (Å²) in [4.78, 5) is 0. The van der Waals surface area contributed by atoms with Crippen LogP contribution in [-0.2, 0) is 0 Å². The molecule has 1 unspecified atom stereocenters. The van der Waals surface area contributed by atoms with Gasteiger partial charge in [-0.2, -0.15) is 0 Å². The third-order valence-corrected chi connectivity index (χ3v) is 2.53. The Balaban J connectivity index is 4.08. The summed E-state index contributed by atoms with van der Waals surface area (Å²) in [5, 5.41) is 9.89. The topological polar surface area (TPSA) is 20.2 Å². The third-order valence-electron chi connectivity index (χ3n) is 2.53. The lowest BCUT2D eigenvalue weighted by Crippen LogP contribution is -2.07. The average molecular weight is 214 g/mol. The first kappa shape index (κ1) is 11.2. The maximum atomic E-state index is 9.89. The summed E-state index contributed by atoms with van der Waals surface area (Å²) in [5.74, 6) is 0. The van der Waals surface area contributed by atoms with E-state index >= 15 is 0 Å². The lowest BCUT2D eigenvalue weighted by Gasteiger charge is -2.12. The van der Waals surface area contributed by atoms with Crippen LogP contribution < -0.4 is 0 Å². The predicted octanol–water partition coefficient (Wildman–Crippen LogP) is 4.45. The van der Waals surface area contributed by atoms with Crippen molar-refractivity contribution in [1.29, 1.82) is 0 Å². The molecule has 0 aliphatic heterocycles. The van der Waals surface area contributed by atoms with Crippen molar-refractivity contribution in [3.05, 3.63) is 12.2 Å². The van der Waals surface area contributed by atoms with Gasteiger partial charge in [0, 0.05) is 2.74 Å². The van der Waals surface area contributed by atoms with Crippen LogP contribution in [0.15, 0.2) is 12.2 Å². The Morgan fingerprint density at radius 2 is 1.80 bits per heavy atom. The Kier molecular flexibility index (Phi) is 7.63. The van der Waals surface area contributed by atoms with Gasteiger partial charge in [0.25, 0.3) is 0 Å². The van der Waals surface area contributed by atoms with E-state index in [1.165, 1.54) is 0 Å². The van der Waals surface area contributed by atoms with Crippen LogP contribution in [0, 0.1) is 0 Å². The molecule has 0 aliphatic carbocycles. The van der Waals surface area contributed by atoms with Gasteiger partial charge >= 0.3 is 0 Å². The lowest BCUT2D eigenvalue weighted by atomic mass is 10.00. The first-order valence-electron chi connectivity index (χ1n) is 7.33. The maximum Gasteiger partial charge on any atom is 0.0577 e. The second-order valence-electron chi connectivity index (χ2n) is 4.22. The molecule has 1 atom stereocenters. The largest absolute Gasteiger partial charge is 0.393 e. The van der Waals surface area contributed by atoms with Crippen molar-refractivity contribution in [2.75, 3.05) is 0 Å². The number of aliphatic hydroxyl groups is 1. The van der Waals surface area contributed by atoms with Gasteiger partial charge in [-0.05, 0) is 25.6 Å². The molecule has 0 aromatic heterocycles. The van der Waals surface area contributed by atoms with Crippen molar-refractivity contribution < 1.29 is 7.85 Å². The van der Waals surface area contributed by atoms with Crippen molar-refractivity contribution in [3.63, 3.8) is 0 Å². The molecule has 0 saturated carbocycles. The zero-order valence-corrected chi connectivity index (χ0v) is 10.4. The van der Waals surface area contributed by atoms with Crippen LogP contribution in [-0.4, -0.2) is 11.2 Å². The molecule has 0 aromatic carbocycles. The van der Waals surface area contributed by atoms with Gasteiger partial charge < -0.3 is 5.11 Å². The summed E-state index contributed by atoms with van der Waals surface area (Å²) >= 11 is 0. The molecule has 0 heterocycles. The van der Waals surface area contributed by atoms with E-state index in [0.717, 1.165) is 38.5 Å². The van der Waals surface area contributed by atoms with E-state index < -0.39 is 12.5 Å². The SMILES string of the molecule is [2H]C([2H])(C(=C)CCCCC)C(O)CCCCC. The highest BCUT2D eigenvalue weighted by atomic mass is 16.3. The van der Waals surface area contributed by atoms with E-state index in [1.54, 1.807) is 0 Å². The molecule has 0 amide bonds. The smallest absolute Gasteiger partial charge is 0.0577 e. The molecule has 1 N–H and O–H groups in total. The van der Waals surface area contributed by atoms with Gasteiger partial charge in [0.2, 0.25) is 0 Å². The predicted molar refractivity (Wildman–Crippen MR) is 68.0 cm³/mol. The van der Waals surface area contributed by atoms with Gasteiger partial charge in [-0.1, -0.05) is 58.1 Å². The second-order valence-corrected chi connectivity index (χ2v) is 4.22.